The van der Waals surface area contributed by atoms with Crippen LogP contribution >= 0.6 is 11.8 Å². The zero-order valence-electron chi connectivity index (χ0n) is 16.2. The van der Waals surface area contributed by atoms with Crippen molar-refractivity contribution < 1.29 is 4.79 Å². The lowest BCUT2D eigenvalue weighted by atomic mass is 10.0. The molecule has 8 nitrogen and oxygen atoms in total. The molecule has 4 heterocycles. The Kier molecular flexibility index (Phi) is 5.14. The Balaban J connectivity index is 1.56. The van der Waals surface area contributed by atoms with E-state index in [0.717, 1.165) is 22.7 Å². The number of aromatic nitrogens is 3. The molecule has 1 unspecified atom stereocenters. The summed E-state index contributed by atoms with van der Waals surface area (Å²) in [6.07, 6.45) is 3.87. The number of nitrogens with zero attached hydrogens (tertiary/aromatic N) is 4. The number of rotatable bonds is 4. The molecular formula is C20H21N7OS. The van der Waals surface area contributed by atoms with E-state index in [2.05, 4.69) is 25.2 Å². The van der Waals surface area contributed by atoms with E-state index in [-0.39, 0.29) is 11.8 Å². The van der Waals surface area contributed by atoms with Gasteiger partial charge in [0.2, 0.25) is 5.91 Å². The summed E-state index contributed by atoms with van der Waals surface area (Å²) in [5.74, 6) is 1.10. The second-order valence-corrected chi connectivity index (χ2v) is 8.09. The molecule has 1 amide bonds. The number of amides is 1. The normalized spacial score (nSPS) is 19.9. The SMILES string of the molecule is CC(=N)/C(C)=C1\C(=N)Sc2c1ncnc2N1CCC(C(=O)Nc2ccccn2)C1. The quantitative estimate of drug-likeness (QED) is 0.670. The van der Waals surface area contributed by atoms with Crippen molar-refractivity contribution >= 4 is 45.6 Å². The highest BCUT2D eigenvalue weighted by molar-refractivity contribution is 8.15. The first-order valence-corrected chi connectivity index (χ1v) is 10.1. The molecule has 148 valence electrons. The number of pyridine rings is 1. The first-order valence-electron chi connectivity index (χ1n) is 9.31. The topological polar surface area (TPSA) is 119 Å². The fourth-order valence-corrected chi connectivity index (χ4v) is 4.57. The van der Waals surface area contributed by atoms with Gasteiger partial charge in [0.25, 0.3) is 0 Å². The summed E-state index contributed by atoms with van der Waals surface area (Å²) in [5, 5.41) is 19.5. The Morgan fingerprint density at radius 1 is 1.28 bits per heavy atom. The molecular weight excluding hydrogens is 386 g/mol. The number of nitrogens with one attached hydrogen (secondary N) is 3. The van der Waals surface area contributed by atoms with Gasteiger partial charge in [0, 0.05) is 30.6 Å². The van der Waals surface area contributed by atoms with Gasteiger partial charge < -0.3 is 15.6 Å². The Bertz CT molecular complexity index is 1030. The van der Waals surface area contributed by atoms with E-state index in [1.54, 1.807) is 19.2 Å². The van der Waals surface area contributed by atoms with Gasteiger partial charge in [-0.2, -0.15) is 0 Å². The molecule has 0 radical (unpaired) electrons. The molecule has 0 saturated carbocycles. The maximum Gasteiger partial charge on any atom is 0.230 e. The maximum absolute atomic E-state index is 12.6. The van der Waals surface area contributed by atoms with E-state index in [0.29, 0.717) is 40.9 Å². The lowest BCUT2D eigenvalue weighted by molar-refractivity contribution is -0.119. The molecule has 2 aliphatic heterocycles. The third-order valence-electron chi connectivity index (χ3n) is 5.17. The number of allylic oxidation sites excluding steroid dienone is 1. The fourth-order valence-electron chi connectivity index (χ4n) is 3.49. The third kappa shape index (κ3) is 3.65. The zero-order chi connectivity index (χ0) is 20.5. The second kappa shape index (κ2) is 7.75. The standard InChI is InChI=1S/C20H21N7OS/c1-11(12(2)21)15-16-17(29-18(15)22)19(25-10-24-16)27-8-6-13(9-27)20(28)26-14-5-3-4-7-23-14/h3-5,7,10,13,21-22H,6,8-9H2,1-2H3,(H,23,26,28)/b15-11-,21-12?,22-18?. The summed E-state index contributed by atoms with van der Waals surface area (Å²) in [6, 6.07) is 5.41. The first-order chi connectivity index (χ1) is 14.0. The van der Waals surface area contributed by atoms with Gasteiger partial charge in [0.05, 0.1) is 16.5 Å². The minimum atomic E-state index is -0.158. The van der Waals surface area contributed by atoms with E-state index >= 15 is 0 Å². The van der Waals surface area contributed by atoms with Gasteiger partial charge in [-0.05, 0) is 38.0 Å². The highest BCUT2D eigenvalue weighted by Crippen LogP contribution is 2.45. The van der Waals surface area contributed by atoms with Crippen LogP contribution in [0.1, 0.15) is 26.0 Å². The molecule has 9 heteroatoms. The largest absolute Gasteiger partial charge is 0.355 e. The van der Waals surface area contributed by atoms with Gasteiger partial charge in [-0.3, -0.25) is 10.2 Å². The predicted molar refractivity (Wildman–Crippen MR) is 115 cm³/mol. The molecule has 1 saturated heterocycles. The molecule has 1 atom stereocenters. The highest BCUT2D eigenvalue weighted by atomic mass is 32.2. The van der Waals surface area contributed by atoms with Crippen molar-refractivity contribution in [1.82, 2.24) is 15.0 Å². The predicted octanol–water partition coefficient (Wildman–Crippen LogP) is 3.23. The van der Waals surface area contributed by atoms with Crippen molar-refractivity contribution in [1.29, 1.82) is 10.8 Å². The van der Waals surface area contributed by atoms with E-state index in [1.807, 2.05) is 19.1 Å². The van der Waals surface area contributed by atoms with Crippen LogP contribution in [-0.2, 0) is 4.79 Å². The van der Waals surface area contributed by atoms with E-state index in [1.165, 1.54) is 18.1 Å². The molecule has 1 fully saturated rings. The van der Waals surface area contributed by atoms with Gasteiger partial charge in [-0.1, -0.05) is 17.8 Å². The van der Waals surface area contributed by atoms with Crippen molar-refractivity contribution in [3.8, 4) is 0 Å². The Morgan fingerprint density at radius 3 is 2.83 bits per heavy atom. The van der Waals surface area contributed by atoms with Crippen LogP contribution in [0.3, 0.4) is 0 Å². The molecule has 2 aromatic heterocycles. The summed E-state index contributed by atoms with van der Waals surface area (Å²) in [4.78, 5) is 28.5. The second-order valence-electron chi connectivity index (χ2n) is 7.07. The molecule has 4 rings (SSSR count). The summed E-state index contributed by atoms with van der Waals surface area (Å²) in [5.41, 5.74) is 2.58. The van der Waals surface area contributed by atoms with Crippen LogP contribution in [0.2, 0.25) is 0 Å². The minimum absolute atomic E-state index is 0.0480. The number of hydrogen-bond acceptors (Lipinski definition) is 8. The van der Waals surface area contributed by atoms with Crippen LogP contribution < -0.4 is 10.2 Å². The Hall–Kier alpha value is -3.07. The fraction of sp³-hybridized carbons (Fsp3) is 0.300. The minimum Gasteiger partial charge on any atom is -0.355 e. The molecule has 0 spiro atoms. The third-order valence-corrected chi connectivity index (χ3v) is 6.15. The molecule has 29 heavy (non-hydrogen) atoms. The number of anilines is 2. The van der Waals surface area contributed by atoms with Gasteiger partial charge in [0.1, 0.15) is 23.0 Å². The molecule has 3 N–H and O–H groups in total. The van der Waals surface area contributed by atoms with Crippen molar-refractivity contribution in [2.75, 3.05) is 23.3 Å². The summed E-state index contributed by atoms with van der Waals surface area (Å²) < 4.78 is 0. The van der Waals surface area contributed by atoms with E-state index < -0.39 is 0 Å². The average molecular weight is 408 g/mol. The lowest BCUT2D eigenvalue weighted by Gasteiger charge is -2.19. The van der Waals surface area contributed by atoms with Crippen LogP contribution in [0.25, 0.3) is 5.57 Å². The number of thioether (sulfide) groups is 1. The van der Waals surface area contributed by atoms with Crippen molar-refractivity contribution in [3.05, 3.63) is 42.0 Å². The summed E-state index contributed by atoms with van der Waals surface area (Å²) >= 11 is 1.32. The van der Waals surface area contributed by atoms with Gasteiger partial charge >= 0.3 is 0 Å². The van der Waals surface area contributed by atoms with Crippen LogP contribution in [0.15, 0.2) is 41.2 Å². The van der Waals surface area contributed by atoms with Crippen LogP contribution in [0, 0.1) is 16.7 Å². The summed E-state index contributed by atoms with van der Waals surface area (Å²) in [6.45, 7) is 4.82. The van der Waals surface area contributed by atoms with Gasteiger partial charge in [-0.15, -0.1) is 0 Å². The first kappa shape index (κ1) is 19.3. The molecule has 0 aliphatic carbocycles. The lowest BCUT2D eigenvalue weighted by Crippen LogP contribution is -2.28. The van der Waals surface area contributed by atoms with Crippen molar-refractivity contribution in [3.63, 3.8) is 0 Å². The van der Waals surface area contributed by atoms with Crippen LogP contribution in [0.4, 0.5) is 11.6 Å². The van der Waals surface area contributed by atoms with E-state index in [4.69, 9.17) is 10.8 Å². The zero-order valence-corrected chi connectivity index (χ0v) is 17.0. The van der Waals surface area contributed by atoms with Gasteiger partial charge in [-0.25, -0.2) is 15.0 Å². The van der Waals surface area contributed by atoms with Gasteiger partial charge in [0.15, 0.2) is 0 Å². The van der Waals surface area contributed by atoms with Crippen molar-refractivity contribution in [2.45, 2.75) is 25.2 Å². The average Bonchev–Trinajstić information content (AvgIpc) is 3.32. The Morgan fingerprint density at radius 2 is 2.10 bits per heavy atom. The van der Waals surface area contributed by atoms with Crippen LogP contribution in [-0.4, -0.2) is 44.7 Å². The van der Waals surface area contributed by atoms with E-state index in [9.17, 15) is 4.79 Å². The monoisotopic (exact) mass is 407 g/mol. The molecule has 0 aromatic carbocycles. The molecule has 2 aliphatic rings. The number of carbonyl (C=O) groups excluding carboxylic acids is 1. The highest BCUT2D eigenvalue weighted by Gasteiger charge is 2.35. The van der Waals surface area contributed by atoms with Crippen molar-refractivity contribution in [2.24, 2.45) is 5.92 Å². The number of carbonyl (C=O) groups is 1. The Labute approximate surface area is 172 Å². The summed E-state index contributed by atoms with van der Waals surface area (Å²) in [7, 11) is 0. The molecule has 2 aromatic rings. The number of fused-ring (bicyclic) bond motifs is 1. The van der Waals surface area contributed by atoms with Crippen LogP contribution in [0.5, 0.6) is 0 Å². The molecule has 0 bridgehead atoms. The smallest absolute Gasteiger partial charge is 0.230 e. The maximum atomic E-state index is 12.6. The number of hydrogen-bond donors (Lipinski definition) is 3.